The maximum Gasteiger partial charge on any atom is 0.251 e. The summed E-state index contributed by atoms with van der Waals surface area (Å²) in [6.45, 7) is 1.93. The van der Waals surface area contributed by atoms with Crippen LogP contribution >= 0.6 is 0 Å². The third-order valence-electron chi connectivity index (χ3n) is 3.00. The number of halogens is 1. The van der Waals surface area contributed by atoms with Gasteiger partial charge in [-0.1, -0.05) is 6.07 Å². The van der Waals surface area contributed by atoms with Crippen LogP contribution in [-0.2, 0) is 0 Å². The van der Waals surface area contributed by atoms with Gasteiger partial charge in [-0.05, 0) is 50.6 Å². The Morgan fingerprint density at radius 1 is 1.35 bits per heavy atom. The van der Waals surface area contributed by atoms with Crippen molar-refractivity contribution in [1.29, 1.82) is 0 Å². The maximum absolute atomic E-state index is 13.0. The third-order valence-corrected chi connectivity index (χ3v) is 3.00. The molecule has 1 atom stereocenters. The van der Waals surface area contributed by atoms with E-state index in [1.54, 1.807) is 12.1 Å². The fourth-order valence-electron chi connectivity index (χ4n) is 2.06. The zero-order valence-corrected chi connectivity index (χ0v) is 9.71. The molecule has 0 saturated carbocycles. The molecule has 2 rings (SSSR count). The summed E-state index contributed by atoms with van der Waals surface area (Å²) >= 11 is 0. The van der Waals surface area contributed by atoms with E-state index in [1.165, 1.54) is 12.1 Å². The molecule has 0 aromatic heterocycles. The molecule has 1 aromatic carbocycles. The van der Waals surface area contributed by atoms with Gasteiger partial charge in [0.15, 0.2) is 0 Å². The summed E-state index contributed by atoms with van der Waals surface area (Å²) in [5, 5.41) is 6.24. The zero-order valence-electron chi connectivity index (χ0n) is 9.71. The zero-order chi connectivity index (χ0) is 12.1. The van der Waals surface area contributed by atoms with Crippen molar-refractivity contribution in [1.82, 2.24) is 10.6 Å². The van der Waals surface area contributed by atoms with Crippen molar-refractivity contribution in [2.75, 3.05) is 13.1 Å². The number of carbonyl (C=O) groups is 1. The van der Waals surface area contributed by atoms with Crippen molar-refractivity contribution >= 4 is 5.91 Å². The molecule has 0 bridgehead atoms. The minimum Gasteiger partial charge on any atom is -0.349 e. The summed E-state index contributed by atoms with van der Waals surface area (Å²) in [7, 11) is 0. The van der Waals surface area contributed by atoms with Gasteiger partial charge >= 0.3 is 0 Å². The van der Waals surface area contributed by atoms with Crippen LogP contribution in [0.2, 0.25) is 0 Å². The Hall–Kier alpha value is -1.42. The largest absolute Gasteiger partial charge is 0.349 e. The minimum absolute atomic E-state index is 0.184. The van der Waals surface area contributed by atoms with E-state index >= 15 is 0 Å². The van der Waals surface area contributed by atoms with Gasteiger partial charge in [0.25, 0.3) is 5.91 Å². The smallest absolute Gasteiger partial charge is 0.251 e. The van der Waals surface area contributed by atoms with Crippen LogP contribution in [0.25, 0.3) is 0 Å². The standard InChI is InChI=1S/C13H17FN2O/c14-11-4-1-3-10(9-11)13(17)16-12-5-2-7-15-8-6-12/h1,3-4,9,12,15H,2,5-8H2,(H,16,17). The number of rotatable bonds is 2. The van der Waals surface area contributed by atoms with E-state index in [0.717, 1.165) is 32.4 Å². The highest BCUT2D eigenvalue weighted by molar-refractivity contribution is 5.94. The molecule has 1 saturated heterocycles. The van der Waals surface area contributed by atoms with E-state index in [1.807, 2.05) is 0 Å². The lowest BCUT2D eigenvalue weighted by Crippen LogP contribution is -2.35. The molecular formula is C13H17FN2O. The lowest BCUT2D eigenvalue weighted by molar-refractivity contribution is 0.0933. The number of amides is 1. The van der Waals surface area contributed by atoms with Crippen molar-refractivity contribution < 1.29 is 9.18 Å². The third kappa shape index (κ3) is 3.53. The van der Waals surface area contributed by atoms with Crippen molar-refractivity contribution in [3.63, 3.8) is 0 Å². The highest BCUT2D eigenvalue weighted by atomic mass is 19.1. The quantitative estimate of drug-likeness (QED) is 0.820. The Balaban J connectivity index is 1.96. The fraction of sp³-hybridized carbons (Fsp3) is 0.462. The number of hydrogen-bond donors (Lipinski definition) is 2. The summed E-state index contributed by atoms with van der Waals surface area (Å²) in [4.78, 5) is 11.9. The number of nitrogens with one attached hydrogen (secondary N) is 2. The van der Waals surface area contributed by atoms with E-state index in [4.69, 9.17) is 0 Å². The second-order valence-electron chi connectivity index (χ2n) is 4.36. The van der Waals surface area contributed by atoms with Gasteiger partial charge in [-0.15, -0.1) is 0 Å². The van der Waals surface area contributed by atoms with Crippen LogP contribution in [-0.4, -0.2) is 25.0 Å². The van der Waals surface area contributed by atoms with Crippen LogP contribution in [0.5, 0.6) is 0 Å². The lowest BCUT2D eigenvalue weighted by Gasteiger charge is -2.15. The first kappa shape index (κ1) is 12.0. The average molecular weight is 236 g/mol. The summed E-state index contributed by atoms with van der Waals surface area (Å²) in [5.74, 6) is -0.559. The Kier molecular flexibility index (Phi) is 4.09. The molecule has 4 heteroatoms. The Morgan fingerprint density at radius 2 is 2.24 bits per heavy atom. The molecule has 0 spiro atoms. The van der Waals surface area contributed by atoms with E-state index in [-0.39, 0.29) is 17.8 Å². The molecule has 1 amide bonds. The molecule has 17 heavy (non-hydrogen) atoms. The van der Waals surface area contributed by atoms with Crippen LogP contribution in [0.15, 0.2) is 24.3 Å². The van der Waals surface area contributed by atoms with Gasteiger partial charge in [-0.2, -0.15) is 0 Å². The van der Waals surface area contributed by atoms with Crippen LogP contribution in [0.1, 0.15) is 29.6 Å². The second kappa shape index (κ2) is 5.77. The summed E-state index contributed by atoms with van der Waals surface area (Å²) in [6, 6.07) is 5.99. The molecule has 0 aliphatic carbocycles. The van der Waals surface area contributed by atoms with Crippen LogP contribution in [0.4, 0.5) is 4.39 Å². The van der Waals surface area contributed by atoms with Crippen molar-refractivity contribution in [3.8, 4) is 0 Å². The van der Waals surface area contributed by atoms with Crippen molar-refractivity contribution in [2.24, 2.45) is 0 Å². The molecule has 1 aliphatic rings. The predicted molar refractivity (Wildman–Crippen MR) is 64.4 cm³/mol. The summed E-state index contributed by atoms with van der Waals surface area (Å²) in [5.41, 5.74) is 0.391. The van der Waals surface area contributed by atoms with Crippen LogP contribution in [0.3, 0.4) is 0 Å². The Morgan fingerprint density at radius 3 is 3.06 bits per heavy atom. The molecule has 2 N–H and O–H groups in total. The number of carbonyl (C=O) groups excluding carboxylic acids is 1. The van der Waals surface area contributed by atoms with Gasteiger partial charge in [-0.25, -0.2) is 4.39 Å². The SMILES string of the molecule is O=C(NC1CCCNCC1)c1cccc(F)c1. The second-order valence-corrected chi connectivity index (χ2v) is 4.36. The van der Waals surface area contributed by atoms with Gasteiger partial charge in [0.05, 0.1) is 0 Å². The topological polar surface area (TPSA) is 41.1 Å². The van der Waals surface area contributed by atoms with Crippen molar-refractivity contribution in [2.45, 2.75) is 25.3 Å². The van der Waals surface area contributed by atoms with Crippen LogP contribution < -0.4 is 10.6 Å². The van der Waals surface area contributed by atoms with Gasteiger partial charge in [0.1, 0.15) is 5.82 Å². The van der Waals surface area contributed by atoms with Gasteiger partial charge < -0.3 is 10.6 Å². The molecule has 1 heterocycles. The molecule has 1 fully saturated rings. The highest BCUT2D eigenvalue weighted by Crippen LogP contribution is 2.08. The first-order valence-electron chi connectivity index (χ1n) is 6.03. The molecule has 1 aromatic rings. The monoisotopic (exact) mass is 236 g/mol. The highest BCUT2D eigenvalue weighted by Gasteiger charge is 2.15. The van der Waals surface area contributed by atoms with Crippen molar-refractivity contribution in [3.05, 3.63) is 35.6 Å². The van der Waals surface area contributed by atoms with Gasteiger partial charge in [0, 0.05) is 11.6 Å². The normalized spacial score (nSPS) is 20.6. The predicted octanol–water partition coefficient (Wildman–Crippen LogP) is 1.70. The van der Waals surface area contributed by atoms with E-state index in [9.17, 15) is 9.18 Å². The maximum atomic E-state index is 13.0. The average Bonchev–Trinajstić information content (AvgIpc) is 2.57. The molecule has 1 unspecified atom stereocenters. The van der Waals surface area contributed by atoms with E-state index in [0.29, 0.717) is 5.56 Å². The Bertz CT molecular complexity index is 387. The number of hydrogen-bond acceptors (Lipinski definition) is 2. The molecule has 3 nitrogen and oxygen atoms in total. The molecule has 92 valence electrons. The fourth-order valence-corrected chi connectivity index (χ4v) is 2.06. The first-order chi connectivity index (χ1) is 8.25. The molecular weight excluding hydrogens is 219 g/mol. The van der Waals surface area contributed by atoms with Gasteiger partial charge in [0.2, 0.25) is 0 Å². The van der Waals surface area contributed by atoms with E-state index < -0.39 is 0 Å². The lowest BCUT2D eigenvalue weighted by atomic mass is 10.1. The summed E-state index contributed by atoms with van der Waals surface area (Å²) in [6.07, 6.45) is 2.98. The molecule has 1 aliphatic heterocycles. The minimum atomic E-state index is -0.375. The summed E-state index contributed by atoms with van der Waals surface area (Å²) < 4.78 is 13.0. The van der Waals surface area contributed by atoms with Crippen LogP contribution in [0, 0.1) is 5.82 Å². The van der Waals surface area contributed by atoms with Gasteiger partial charge in [-0.3, -0.25) is 4.79 Å². The number of benzene rings is 1. The molecule has 0 radical (unpaired) electrons. The van der Waals surface area contributed by atoms with E-state index in [2.05, 4.69) is 10.6 Å². The first-order valence-corrected chi connectivity index (χ1v) is 6.03. The Labute approximate surface area is 100 Å².